The summed E-state index contributed by atoms with van der Waals surface area (Å²) in [7, 11) is 0. The molecule has 1 heterocycles. The lowest BCUT2D eigenvalue weighted by Gasteiger charge is -2.24. The Kier molecular flexibility index (Phi) is 8.77. The van der Waals surface area contributed by atoms with Crippen LogP contribution in [0.2, 0.25) is 0 Å². The van der Waals surface area contributed by atoms with Gasteiger partial charge < -0.3 is 9.47 Å². The van der Waals surface area contributed by atoms with Gasteiger partial charge in [-0.2, -0.15) is 10.4 Å². The largest absolute Gasteiger partial charge is 0.492 e. The molecule has 0 aliphatic rings. The fraction of sp³-hybridized carbons (Fsp3) is 0.357. The molecule has 9 heteroatoms. The van der Waals surface area contributed by atoms with Crippen LogP contribution in [0, 0.1) is 23.7 Å². The van der Waals surface area contributed by atoms with E-state index in [1.807, 2.05) is 45.0 Å². The van der Waals surface area contributed by atoms with Crippen molar-refractivity contribution >= 4 is 33.5 Å². The maximum atomic E-state index is 13.8. The van der Waals surface area contributed by atoms with Crippen molar-refractivity contribution in [2.24, 2.45) is 5.41 Å². The predicted octanol–water partition coefficient (Wildman–Crippen LogP) is 5.84. The number of hydrogen-bond donors (Lipinski definition) is 0. The van der Waals surface area contributed by atoms with Gasteiger partial charge in [-0.15, -0.1) is 0 Å². The summed E-state index contributed by atoms with van der Waals surface area (Å²) in [5.41, 5.74) is 2.15. The third kappa shape index (κ3) is 7.43. The van der Waals surface area contributed by atoms with Crippen molar-refractivity contribution in [3.05, 3.63) is 70.0 Å². The number of hydrogen-bond acceptors (Lipinski definition) is 6. The van der Waals surface area contributed by atoms with E-state index < -0.39 is 11.9 Å². The van der Waals surface area contributed by atoms with E-state index >= 15 is 0 Å². The van der Waals surface area contributed by atoms with E-state index in [0.717, 1.165) is 10.2 Å². The van der Waals surface area contributed by atoms with Gasteiger partial charge in [0.1, 0.15) is 18.4 Å². The molecule has 0 fully saturated rings. The molecule has 0 aliphatic carbocycles. The number of aromatic nitrogens is 2. The number of nitrogens with zero attached hydrogens (tertiary/aromatic N) is 4. The van der Waals surface area contributed by atoms with Gasteiger partial charge in [-0.1, -0.05) is 36.7 Å². The number of carbonyl (C=O) groups is 2. The fourth-order valence-electron chi connectivity index (χ4n) is 3.44. The summed E-state index contributed by atoms with van der Waals surface area (Å²) in [5.74, 6) is -0.584. The molecule has 3 aromatic rings. The highest BCUT2D eigenvalue weighted by Crippen LogP contribution is 2.28. The van der Waals surface area contributed by atoms with Gasteiger partial charge in [-0.05, 0) is 68.7 Å². The second-order valence-corrected chi connectivity index (χ2v) is 11.0. The average molecular weight is 567 g/mol. The standard InChI is InChI=1S/C28H31BrN4O4/c1-18(2)37-26(34)16-32(23-11-12-25(20(13-23)14-30)36-17-28(4,5)6)27(35)24-15-33(31-19(24)3)22-9-7-21(29)8-10-22/h7-13,15,18H,16-17H2,1-6H3. The second kappa shape index (κ2) is 11.6. The van der Waals surface area contributed by atoms with E-state index in [2.05, 4.69) is 27.1 Å². The zero-order valence-electron chi connectivity index (χ0n) is 21.9. The lowest BCUT2D eigenvalue weighted by atomic mass is 9.98. The molecule has 1 amide bonds. The van der Waals surface area contributed by atoms with Crippen LogP contribution in [0.4, 0.5) is 5.69 Å². The number of aryl methyl sites for hydroxylation is 1. The minimum Gasteiger partial charge on any atom is -0.492 e. The Bertz CT molecular complexity index is 1320. The highest BCUT2D eigenvalue weighted by Gasteiger charge is 2.26. The maximum absolute atomic E-state index is 13.8. The number of ether oxygens (including phenoxy) is 2. The SMILES string of the molecule is Cc1nn(-c2ccc(Br)cc2)cc1C(=O)N(CC(=O)OC(C)C)c1ccc(OCC(C)(C)C)c(C#N)c1. The second-order valence-electron chi connectivity index (χ2n) is 10.1. The number of carbonyl (C=O) groups excluding carboxylic acids is 2. The zero-order valence-corrected chi connectivity index (χ0v) is 23.5. The van der Waals surface area contributed by atoms with E-state index in [4.69, 9.17) is 9.47 Å². The van der Waals surface area contributed by atoms with Gasteiger partial charge >= 0.3 is 5.97 Å². The van der Waals surface area contributed by atoms with Gasteiger partial charge in [0.2, 0.25) is 0 Å². The molecule has 0 bridgehead atoms. The molecule has 8 nitrogen and oxygen atoms in total. The van der Waals surface area contributed by atoms with Crippen LogP contribution >= 0.6 is 15.9 Å². The molecule has 194 valence electrons. The highest BCUT2D eigenvalue weighted by atomic mass is 79.9. The van der Waals surface area contributed by atoms with E-state index in [1.165, 1.54) is 4.90 Å². The van der Waals surface area contributed by atoms with Gasteiger partial charge in [-0.25, -0.2) is 4.68 Å². The summed E-state index contributed by atoms with van der Waals surface area (Å²) < 4.78 is 13.7. The van der Waals surface area contributed by atoms with Crippen LogP contribution < -0.4 is 9.64 Å². The summed E-state index contributed by atoms with van der Waals surface area (Å²) in [5, 5.41) is 14.3. The fourth-order valence-corrected chi connectivity index (χ4v) is 3.71. The molecule has 0 saturated carbocycles. The Morgan fingerprint density at radius 1 is 1.16 bits per heavy atom. The van der Waals surface area contributed by atoms with E-state index in [0.29, 0.717) is 29.3 Å². The summed E-state index contributed by atoms with van der Waals surface area (Å²) in [6.45, 7) is 11.4. The smallest absolute Gasteiger partial charge is 0.326 e. The molecule has 37 heavy (non-hydrogen) atoms. The quantitative estimate of drug-likeness (QED) is 0.318. The van der Waals surface area contributed by atoms with Crippen LogP contribution in [0.1, 0.15) is 56.2 Å². The van der Waals surface area contributed by atoms with Gasteiger partial charge in [0.05, 0.1) is 35.2 Å². The van der Waals surface area contributed by atoms with Crippen molar-refractivity contribution in [1.29, 1.82) is 5.26 Å². The van der Waals surface area contributed by atoms with Crippen molar-refractivity contribution in [3.8, 4) is 17.5 Å². The molecule has 0 N–H and O–H groups in total. The van der Waals surface area contributed by atoms with Gasteiger partial charge in [0.25, 0.3) is 5.91 Å². The first kappa shape index (κ1) is 27.9. The molecule has 0 radical (unpaired) electrons. The zero-order chi connectivity index (χ0) is 27.3. The highest BCUT2D eigenvalue weighted by molar-refractivity contribution is 9.10. The summed E-state index contributed by atoms with van der Waals surface area (Å²) in [4.78, 5) is 27.7. The van der Waals surface area contributed by atoms with Crippen LogP contribution in [-0.4, -0.2) is 40.9 Å². The van der Waals surface area contributed by atoms with Gasteiger partial charge in [-0.3, -0.25) is 14.5 Å². The first-order valence-corrected chi connectivity index (χ1v) is 12.7. The third-order valence-corrected chi connectivity index (χ3v) is 5.70. The number of amides is 1. The Morgan fingerprint density at radius 2 is 1.84 bits per heavy atom. The average Bonchev–Trinajstić information content (AvgIpc) is 3.21. The monoisotopic (exact) mass is 566 g/mol. The van der Waals surface area contributed by atoms with E-state index in [9.17, 15) is 14.9 Å². The van der Waals surface area contributed by atoms with Crippen LogP contribution in [0.25, 0.3) is 5.69 Å². The third-order valence-electron chi connectivity index (χ3n) is 5.18. The van der Waals surface area contributed by atoms with E-state index in [1.54, 1.807) is 49.8 Å². The van der Waals surface area contributed by atoms with Crippen molar-refractivity contribution in [3.63, 3.8) is 0 Å². The topological polar surface area (TPSA) is 97.5 Å². The van der Waals surface area contributed by atoms with Gasteiger partial charge in [0.15, 0.2) is 0 Å². The molecule has 0 unspecified atom stereocenters. The normalized spacial score (nSPS) is 11.2. The molecule has 2 aromatic carbocycles. The molecule has 0 aliphatic heterocycles. The van der Waals surface area contributed by atoms with Gasteiger partial charge in [0, 0.05) is 16.4 Å². The lowest BCUT2D eigenvalue weighted by molar-refractivity contribution is -0.145. The number of nitriles is 1. The Hall–Kier alpha value is -3.64. The first-order valence-electron chi connectivity index (χ1n) is 11.9. The number of esters is 1. The first-order chi connectivity index (χ1) is 17.4. The van der Waals surface area contributed by atoms with E-state index in [-0.39, 0.29) is 23.6 Å². The van der Waals surface area contributed by atoms with Crippen molar-refractivity contribution in [1.82, 2.24) is 9.78 Å². The van der Waals surface area contributed by atoms with Crippen LogP contribution in [-0.2, 0) is 9.53 Å². The Balaban J connectivity index is 1.99. The minimum absolute atomic E-state index is 0.0967. The Labute approximate surface area is 225 Å². The number of halogens is 1. The van der Waals surface area contributed by atoms with Crippen molar-refractivity contribution in [2.75, 3.05) is 18.1 Å². The number of rotatable bonds is 8. The molecule has 0 atom stereocenters. The minimum atomic E-state index is -0.562. The number of anilines is 1. The van der Waals surface area contributed by atoms with Crippen molar-refractivity contribution < 1.29 is 19.1 Å². The van der Waals surface area contributed by atoms with Crippen LogP contribution in [0.15, 0.2) is 53.1 Å². The molecule has 3 rings (SSSR count). The summed E-state index contributed by atoms with van der Waals surface area (Å²) in [6, 6.07) is 14.5. The summed E-state index contributed by atoms with van der Waals surface area (Å²) in [6.07, 6.45) is 1.29. The maximum Gasteiger partial charge on any atom is 0.326 e. The van der Waals surface area contributed by atoms with Crippen LogP contribution in [0.3, 0.4) is 0 Å². The van der Waals surface area contributed by atoms with Crippen LogP contribution in [0.5, 0.6) is 5.75 Å². The molecular weight excluding hydrogens is 536 g/mol. The lowest BCUT2D eigenvalue weighted by Crippen LogP contribution is -2.37. The molecular formula is C28H31BrN4O4. The molecule has 0 spiro atoms. The Morgan fingerprint density at radius 3 is 2.43 bits per heavy atom. The molecule has 1 aromatic heterocycles. The summed E-state index contributed by atoms with van der Waals surface area (Å²) >= 11 is 3.42. The molecule has 0 saturated heterocycles. The van der Waals surface area contributed by atoms with Crippen molar-refractivity contribution in [2.45, 2.75) is 47.6 Å². The predicted molar refractivity (Wildman–Crippen MR) is 145 cm³/mol. The number of benzene rings is 2.